The van der Waals surface area contributed by atoms with Gasteiger partial charge in [-0.25, -0.2) is 23.5 Å². The van der Waals surface area contributed by atoms with Crippen molar-refractivity contribution in [1.82, 2.24) is 18.9 Å². The lowest BCUT2D eigenvalue weighted by Crippen LogP contribution is -2.53. The fourth-order valence-corrected chi connectivity index (χ4v) is 8.40. The van der Waals surface area contributed by atoms with Crippen LogP contribution in [-0.2, 0) is 21.5 Å². The first-order valence-corrected chi connectivity index (χ1v) is 16.6. The standard InChI is InChI=1S/C37H29Cl2N5O6/c1-50-26-14-9-22(10-15-26)37-28(33(46)43(34(37)47)40-30-16-11-23(38)19-29(30)39)20-31-27(32(37)21-7-12-25(45)13-8-21)17-18-41-35(48)42(36(49)44(31)41)24-5-3-2-4-6-24/h2-17,19,28,31-32,40,45H,18,20H2,1H3/t28-,31+,32-,37+/m0/s1. The summed E-state index contributed by atoms with van der Waals surface area (Å²) in [5, 5.41) is 11.9. The lowest BCUT2D eigenvalue weighted by atomic mass is 9.53. The molecule has 252 valence electrons. The number of phenols is 1. The number of hydrogen-bond acceptors (Lipinski definition) is 7. The zero-order valence-corrected chi connectivity index (χ0v) is 28.0. The van der Waals surface area contributed by atoms with Gasteiger partial charge in [0.2, 0.25) is 0 Å². The van der Waals surface area contributed by atoms with E-state index in [0.29, 0.717) is 38.8 Å². The van der Waals surface area contributed by atoms with Crippen LogP contribution in [0.1, 0.15) is 29.5 Å². The lowest BCUT2D eigenvalue weighted by molar-refractivity contribution is -0.138. The molecule has 1 aromatic heterocycles. The molecule has 0 spiro atoms. The number of hydrogen-bond donors (Lipinski definition) is 2. The van der Waals surface area contributed by atoms with Crippen LogP contribution in [0.15, 0.2) is 118 Å². The molecule has 50 heavy (non-hydrogen) atoms. The summed E-state index contributed by atoms with van der Waals surface area (Å²) >= 11 is 12.6. The van der Waals surface area contributed by atoms with Crippen LogP contribution in [0.5, 0.6) is 11.5 Å². The molecule has 13 heteroatoms. The first-order chi connectivity index (χ1) is 24.1. The van der Waals surface area contributed by atoms with E-state index in [4.69, 9.17) is 27.9 Å². The molecule has 3 heterocycles. The second-order valence-corrected chi connectivity index (χ2v) is 13.4. The molecular formula is C37H29Cl2N5O6. The van der Waals surface area contributed by atoms with Crippen LogP contribution < -0.4 is 21.5 Å². The monoisotopic (exact) mass is 709 g/mol. The van der Waals surface area contributed by atoms with E-state index in [2.05, 4.69) is 5.43 Å². The Labute approximate surface area is 295 Å². The molecule has 2 aliphatic heterocycles. The summed E-state index contributed by atoms with van der Waals surface area (Å²) in [4.78, 5) is 58.0. The van der Waals surface area contributed by atoms with Crippen molar-refractivity contribution < 1.29 is 19.4 Å². The fraction of sp³-hybridized carbons (Fsp3) is 0.189. The first-order valence-electron chi connectivity index (χ1n) is 15.9. The number of carbonyl (C=O) groups excluding carboxylic acids is 2. The predicted molar refractivity (Wildman–Crippen MR) is 187 cm³/mol. The van der Waals surface area contributed by atoms with E-state index in [1.807, 2.05) is 6.08 Å². The highest BCUT2D eigenvalue weighted by Gasteiger charge is 2.68. The van der Waals surface area contributed by atoms with Crippen molar-refractivity contribution in [2.24, 2.45) is 5.92 Å². The zero-order valence-electron chi connectivity index (χ0n) is 26.5. The molecule has 2 fully saturated rings. The number of aromatic hydroxyl groups is 1. The van der Waals surface area contributed by atoms with Crippen LogP contribution >= 0.6 is 23.2 Å². The van der Waals surface area contributed by atoms with E-state index in [1.165, 1.54) is 34.7 Å². The maximum absolute atomic E-state index is 15.2. The number of nitrogens with one attached hydrogen (secondary N) is 1. The Balaban J connectivity index is 1.37. The van der Waals surface area contributed by atoms with Crippen LogP contribution in [0.3, 0.4) is 0 Å². The molecule has 1 saturated heterocycles. The van der Waals surface area contributed by atoms with E-state index < -0.39 is 46.5 Å². The number of amides is 2. The molecule has 2 N–H and O–H groups in total. The third kappa shape index (κ3) is 4.57. The summed E-state index contributed by atoms with van der Waals surface area (Å²) in [5.41, 5.74) is 2.98. The number of nitrogens with zero attached hydrogens (tertiary/aromatic N) is 4. The summed E-state index contributed by atoms with van der Waals surface area (Å²) < 4.78 is 9.35. The second-order valence-electron chi connectivity index (χ2n) is 12.5. The number of halogens is 2. The summed E-state index contributed by atoms with van der Waals surface area (Å²) in [7, 11) is 1.54. The van der Waals surface area contributed by atoms with Crippen molar-refractivity contribution in [2.75, 3.05) is 12.5 Å². The molecule has 2 amide bonds. The number of methoxy groups -OCH3 is 1. The molecule has 1 saturated carbocycles. The second kappa shape index (κ2) is 11.8. The number of rotatable bonds is 6. The van der Waals surface area contributed by atoms with E-state index >= 15 is 4.79 Å². The number of benzene rings is 4. The molecule has 4 aromatic carbocycles. The summed E-state index contributed by atoms with van der Waals surface area (Å²) in [5.74, 6) is -2.30. The van der Waals surface area contributed by atoms with E-state index in [9.17, 15) is 19.5 Å². The molecule has 0 bridgehead atoms. The first kappa shape index (κ1) is 31.7. The van der Waals surface area contributed by atoms with Crippen LogP contribution in [0, 0.1) is 5.92 Å². The predicted octanol–water partition coefficient (Wildman–Crippen LogP) is 5.44. The molecule has 5 aromatic rings. The number of para-hydroxylation sites is 1. The number of anilines is 1. The Morgan fingerprint density at radius 3 is 2.28 bits per heavy atom. The van der Waals surface area contributed by atoms with Gasteiger partial charge in [0.05, 0.1) is 47.4 Å². The van der Waals surface area contributed by atoms with Crippen LogP contribution in [0.25, 0.3) is 5.69 Å². The number of hydrazine groups is 1. The van der Waals surface area contributed by atoms with E-state index in [0.717, 1.165) is 9.58 Å². The summed E-state index contributed by atoms with van der Waals surface area (Å²) in [6.07, 6.45) is 1.91. The van der Waals surface area contributed by atoms with Gasteiger partial charge >= 0.3 is 11.4 Å². The van der Waals surface area contributed by atoms with Crippen molar-refractivity contribution in [1.29, 1.82) is 0 Å². The van der Waals surface area contributed by atoms with Gasteiger partial charge in [0.1, 0.15) is 11.5 Å². The van der Waals surface area contributed by atoms with Crippen molar-refractivity contribution in [3.63, 3.8) is 0 Å². The normalized spacial score (nSPS) is 22.4. The number of allylic oxidation sites excluding steroid dienone is 2. The fourth-order valence-electron chi connectivity index (χ4n) is 7.94. The summed E-state index contributed by atoms with van der Waals surface area (Å²) in [6, 6.07) is 26.1. The van der Waals surface area contributed by atoms with Gasteiger partial charge in [0.25, 0.3) is 11.8 Å². The molecule has 8 rings (SSSR count). The maximum atomic E-state index is 15.2. The largest absolute Gasteiger partial charge is 0.508 e. The topological polar surface area (TPSA) is 128 Å². The van der Waals surface area contributed by atoms with Gasteiger partial charge in [-0.1, -0.05) is 71.7 Å². The molecule has 0 radical (unpaired) electrons. The van der Waals surface area contributed by atoms with Gasteiger partial charge in [-0.2, -0.15) is 5.01 Å². The summed E-state index contributed by atoms with van der Waals surface area (Å²) in [6.45, 7) is 0.0577. The zero-order chi connectivity index (χ0) is 34.9. The van der Waals surface area contributed by atoms with Gasteiger partial charge in [0, 0.05) is 10.9 Å². The highest BCUT2D eigenvalue weighted by molar-refractivity contribution is 6.36. The van der Waals surface area contributed by atoms with Crippen LogP contribution in [0.2, 0.25) is 10.0 Å². The van der Waals surface area contributed by atoms with Crippen LogP contribution in [0.4, 0.5) is 5.69 Å². The van der Waals surface area contributed by atoms with Crippen molar-refractivity contribution in [3.05, 3.63) is 151 Å². The van der Waals surface area contributed by atoms with Crippen LogP contribution in [-0.4, -0.2) is 43.0 Å². The minimum Gasteiger partial charge on any atom is -0.508 e. The van der Waals surface area contributed by atoms with Gasteiger partial charge in [-0.05, 0) is 77.7 Å². The lowest BCUT2D eigenvalue weighted by Gasteiger charge is -2.49. The van der Waals surface area contributed by atoms with Gasteiger partial charge in [-0.15, -0.1) is 0 Å². The Morgan fingerprint density at radius 2 is 1.60 bits per heavy atom. The number of imide groups is 1. The van der Waals surface area contributed by atoms with Crippen molar-refractivity contribution in [3.8, 4) is 17.2 Å². The Morgan fingerprint density at radius 1 is 0.880 bits per heavy atom. The molecule has 0 unspecified atom stereocenters. The number of aromatic nitrogens is 3. The number of ether oxygens (including phenoxy) is 1. The van der Waals surface area contributed by atoms with Gasteiger partial charge in [-0.3, -0.25) is 15.0 Å². The average Bonchev–Trinajstić information content (AvgIpc) is 3.51. The quantitative estimate of drug-likeness (QED) is 0.178. The Bertz CT molecular complexity index is 2330. The molecule has 3 aliphatic rings. The number of fused-ring (bicyclic) bond motifs is 4. The van der Waals surface area contributed by atoms with Crippen molar-refractivity contribution in [2.45, 2.75) is 30.3 Å². The minimum absolute atomic E-state index is 0.0216. The molecule has 4 atom stereocenters. The third-order valence-electron chi connectivity index (χ3n) is 10.1. The minimum atomic E-state index is -1.53. The molecule has 11 nitrogen and oxygen atoms in total. The van der Waals surface area contributed by atoms with Gasteiger partial charge < -0.3 is 9.84 Å². The molecular weight excluding hydrogens is 681 g/mol. The smallest absolute Gasteiger partial charge is 0.352 e. The maximum Gasteiger partial charge on any atom is 0.352 e. The number of carbonyl (C=O) groups is 2. The number of phenolic OH excluding ortho intramolecular Hbond substituents is 1. The Hall–Kier alpha value is -5.52. The highest BCUT2D eigenvalue weighted by atomic mass is 35.5. The van der Waals surface area contributed by atoms with Gasteiger partial charge in [0.15, 0.2) is 0 Å². The van der Waals surface area contributed by atoms with E-state index in [1.54, 1.807) is 78.9 Å². The SMILES string of the molecule is COc1ccc([C@@]23C(=O)N(Nc4ccc(Cl)cc4Cl)C(=O)[C@@H]2C[C@@H]2C(=CCn4c(=O)n(-c5ccccc5)c(=O)n42)[C@@H]3c2ccc(O)cc2)cc1. The molecule has 1 aliphatic carbocycles. The van der Waals surface area contributed by atoms with Crippen molar-refractivity contribution >= 4 is 40.7 Å². The highest BCUT2D eigenvalue weighted by Crippen LogP contribution is 2.62. The Kier molecular flexibility index (Phi) is 7.50. The third-order valence-corrected chi connectivity index (χ3v) is 10.6. The van der Waals surface area contributed by atoms with E-state index in [-0.39, 0.29) is 23.7 Å². The average molecular weight is 711 g/mol.